The third-order valence-corrected chi connectivity index (χ3v) is 3.23. The molecule has 0 saturated carbocycles. The lowest BCUT2D eigenvalue weighted by Crippen LogP contribution is -2.42. The van der Waals surface area contributed by atoms with E-state index in [-0.39, 0.29) is 25.0 Å². The van der Waals surface area contributed by atoms with Crippen LogP contribution in [0.5, 0.6) is 0 Å². The molecule has 0 bridgehead atoms. The van der Waals surface area contributed by atoms with Gasteiger partial charge in [0.25, 0.3) is 5.91 Å². The first-order valence-corrected chi connectivity index (χ1v) is 6.53. The monoisotopic (exact) mass is 286 g/mol. The predicted molar refractivity (Wildman–Crippen MR) is 76.1 cm³/mol. The number of aliphatic hydroxyl groups is 1. The molecule has 1 aromatic carbocycles. The Labute approximate surface area is 120 Å². The number of aliphatic hydroxyl groups excluding tert-OH is 1. The molecule has 0 unspecified atom stereocenters. The minimum atomic E-state index is -0.290. The number of nitrogens with zero attached hydrogens (tertiary/aromatic N) is 3. The molecule has 2 amide bonds. The summed E-state index contributed by atoms with van der Waals surface area (Å²) in [5.74, 6) is -0.522. The minimum Gasteiger partial charge on any atom is -0.394 e. The van der Waals surface area contributed by atoms with Crippen molar-refractivity contribution in [3.8, 4) is 0 Å². The average molecular weight is 286 g/mol. The fourth-order valence-corrected chi connectivity index (χ4v) is 2.27. The zero-order valence-corrected chi connectivity index (χ0v) is 11.2. The molecule has 2 heterocycles. The number of aromatic nitrogens is 2. The molecule has 1 aliphatic rings. The van der Waals surface area contributed by atoms with Crippen molar-refractivity contribution in [1.82, 2.24) is 9.78 Å². The van der Waals surface area contributed by atoms with Gasteiger partial charge in [-0.3, -0.25) is 19.2 Å². The van der Waals surface area contributed by atoms with E-state index in [1.807, 2.05) is 6.07 Å². The molecule has 7 nitrogen and oxygen atoms in total. The van der Waals surface area contributed by atoms with E-state index in [1.54, 1.807) is 24.4 Å². The van der Waals surface area contributed by atoms with Crippen molar-refractivity contribution in [1.29, 1.82) is 0 Å². The average Bonchev–Trinajstić information content (AvgIpc) is 2.94. The van der Waals surface area contributed by atoms with Crippen LogP contribution in [0.3, 0.4) is 0 Å². The van der Waals surface area contributed by atoms with E-state index in [0.29, 0.717) is 23.5 Å². The van der Waals surface area contributed by atoms with Gasteiger partial charge in [-0.2, -0.15) is 5.10 Å². The first-order valence-electron chi connectivity index (χ1n) is 6.53. The molecule has 0 fully saturated rings. The maximum absolute atomic E-state index is 12.6. The Kier molecular flexibility index (Phi) is 3.41. The van der Waals surface area contributed by atoms with Gasteiger partial charge in [0.1, 0.15) is 6.54 Å². The van der Waals surface area contributed by atoms with Gasteiger partial charge in [0.2, 0.25) is 5.91 Å². The summed E-state index contributed by atoms with van der Waals surface area (Å²) in [6.07, 6.45) is 3.00. The molecule has 3 rings (SSSR count). The van der Waals surface area contributed by atoms with Crippen LogP contribution in [0.25, 0.3) is 0 Å². The molecule has 108 valence electrons. The normalized spacial score (nSPS) is 13.8. The summed E-state index contributed by atoms with van der Waals surface area (Å²) in [7, 11) is 0. The summed E-state index contributed by atoms with van der Waals surface area (Å²) in [6.45, 7) is 0.246. The first-order chi connectivity index (χ1) is 10.2. The molecule has 0 spiro atoms. The van der Waals surface area contributed by atoms with Crippen molar-refractivity contribution in [2.45, 2.75) is 6.54 Å². The van der Waals surface area contributed by atoms with E-state index >= 15 is 0 Å². The van der Waals surface area contributed by atoms with Gasteiger partial charge in [-0.1, -0.05) is 12.1 Å². The largest absolute Gasteiger partial charge is 0.394 e. The van der Waals surface area contributed by atoms with Crippen LogP contribution in [0.1, 0.15) is 10.4 Å². The van der Waals surface area contributed by atoms with Gasteiger partial charge in [0.05, 0.1) is 36.3 Å². The number of para-hydroxylation sites is 2. The second-order valence-electron chi connectivity index (χ2n) is 4.67. The van der Waals surface area contributed by atoms with Crippen LogP contribution in [0, 0.1) is 0 Å². The summed E-state index contributed by atoms with van der Waals surface area (Å²) in [4.78, 5) is 25.7. The summed E-state index contributed by atoms with van der Waals surface area (Å²) >= 11 is 0. The molecule has 1 aromatic heterocycles. The van der Waals surface area contributed by atoms with Crippen molar-refractivity contribution >= 4 is 23.2 Å². The quantitative estimate of drug-likeness (QED) is 0.859. The van der Waals surface area contributed by atoms with Gasteiger partial charge in [-0.05, 0) is 12.1 Å². The Morgan fingerprint density at radius 2 is 2.19 bits per heavy atom. The topological polar surface area (TPSA) is 87.5 Å². The number of nitrogens with one attached hydrogen (secondary N) is 1. The Bertz CT molecular complexity index is 695. The molecule has 0 saturated heterocycles. The number of hydrogen-bond donors (Lipinski definition) is 2. The Morgan fingerprint density at radius 3 is 3.00 bits per heavy atom. The van der Waals surface area contributed by atoms with Crippen LogP contribution in [0.2, 0.25) is 0 Å². The summed E-state index contributed by atoms with van der Waals surface area (Å²) in [5, 5.41) is 15.6. The molecule has 0 aliphatic carbocycles. The maximum Gasteiger partial charge on any atom is 0.262 e. The predicted octanol–water partition coefficient (Wildman–Crippen LogP) is 0.474. The highest BCUT2D eigenvalue weighted by molar-refractivity contribution is 6.14. The molecular formula is C14H14N4O3. The molecule has 0 atom stereocenters. The smallest absolute Gasteiger partial charge is 0.262 e. The Balaban J connectivity index is 1.92. The summed E-state index contributed by atoms with van der Waals surface area (Å²) in [5.41, 5.74) is 1.66. The molecule has 0 radical (unpaired) electrons. The van der Waals surface area contributed by atoms with Crippen molar-refractivity contribution in [2.24, 2.45) is 0 Å². The van der Waals surface area contributed by atoms with Crippen LogP contribution in [-0.2, 0) is 11.3 Å². The van der Waals surface area contributed by atoms with Gasteiger partial charge < -0.3 is 10.4 Å². The van der Waals surface area contributed by atoms with Crippen LogP contribution < -0.4 is 10.2 Å². The number of benzene rings is 1. The molecule has 2 N–H and O–H groups in total. The highest BCUT2D eigenvalue weighted by Crippen LogP contribution is 2.29. The number of carbonyl (C=O) groups excluding carboxylic acids is 2. The van der Waals surface area contributed by atoms with Crippen LogP contribution in [0.15, 0.2) is 36.7 Å². The lowest BCUT2D eigenvalue weighted by Gasteiger charge is -2.28. The van der Waals surface area contributed by atoms with Crippen molar-refractivity contribution in [3.05, 3.63) is 42.2 Å². The van der Waals surface area contributed by atoms with Crippen LogP contribution in [0.4, 0.5) is 11.4 Å². The van der Waals surface area contributed by atoms with Gasteiger partial charge in [0.15, 0.2) is 0 Å². The molecule has 21 heavy (non-hydrogen) atoms. The number of anilines is 2. The summed E-state index contributed by atoms with van der Waals surface area (Å²) < 4.78 is 1.49. The SMILES string of the molecule is O=C1CN(C(=O)c2cnn(CCO)c2)c2ccccc2N1. The fraction of sp³-hybridized carbons (Fsp3) is 0.214. The van der Waals surface area contributed by atoms with Crippen LogP contribution in [-0.4, -0.2) is 39.9 Å². The summed E-state index contributed by atoms with van der Waals surface area (Å²) in [6, 6.07) is 7.14. The first kappa shape index (κ1) is 13.3. The molecule has 1 aliphatic heterocycles. The third kappa shape index (κ3) is 2.50. The van der Waals surface area contributed by atoms with Gasteiger partial charge in [0, 0.05) is 6.20 Å². The van der Waals surface area contributed by atoms with Crippen LogP contribution >= 0.6 is 0 Å². The van der Waals surface area contributed by atoms with Crippen molar-refractivity contribution in [3.63, 3.8) is 0 Å². The Hall–Kier alpha value is -2.67. The number of hydrogen-bond acceptors (Lipinski definition) is 4. The second-order valence-corrected chi connectivity index (χ2v) is 4.67. The molecule has 2 aromatic rings. The standard InChI is InChI=1S/C14H14N4O3/c19-6-5-17-8-10(7-15-17)14(21)18-9-13(20)16-11-3-1-2-4-12(11)18/h1-4,7-8,19H,5-6,9H2,(H,16,20). The zero-order chi connectivity index (χ0) is 14.8. The van der Waals surface area contributed by atoms with Gasteiger partial charge in [-0.15, -0.1) is 0 Å². The zero-order valence-electron chi connectivity index (χ0n) is 11.2. The maximum atomic E-state index is 12.6. The van der Waals surface area contributed by atoms with Crippen molar-refractivity contribution in [2.75, 3.05) is 23.4 Å². The van der Waals surface area contributed by atoms with Gasteiger partial charge >= 0.3 is 0 Å². The van der Waals surface area contributed by atoms with E-state index in [9.17, 15) is 9.59 Å². The van der Waals surface area contributed by atoms with E-state index in [4.69, 9.17) is 5.11 Å². The fourth-order valence-electron chi connectivity index (χ4n) is 2.27. The second kappa shape index (κ2) is 5.37. The number of amides is 2. The number of fused-ring (bicyclic) bond motifs is 1. The molecular weight excluding hydrogens is 272 g/mol. The lowest BCUT2D eigenvalue weighted by molar-refractivity contribution is -0.115. The third-order valence-electron chi connectivity index (χ3n) is 3.23. The lowest BCUT2D eigenvalue weighted by atomic mass is 10.1. The van der Waals surface area contributed by atoms with Crippen molar-refractivity contribution < 1.29 is 14.7 Å². The van der Waals surface area contributed by atoms with E-state index < -0.39 is 0 Å². The highest BCUT2D eigenvalue weighted by Gasteiger charge is 2.27. The minimum absolute atomic E-state index is 0.0268. The van der Waals surface area contributed by atoms with E-state index in [2.05, 4.69) is 10.4 Å². The Morgan fingerprint density at radius 1 is 1.38 bits per heavy atom. The van der Waals surface area contributed by atoms with E-state index in [0.717, 1.165) is 0 Å². The van der Waals surface area contributed by atoms with Gasteiger partial charge in [-0.25, -0.2) is 0 Å². The number of rotatable bonds is 3. The molecule has 7 heteroatoms. The van der Waals surface area contributed by atoms with E-state index in [1.165, 1.54) is 15.8 Å². The highest BCUT2D eigenvalue weighted by atomic mass is 16.3. The number of carbonyl (C=O) groups is 2.